The van der Waals surface area contributed by atoms with Gasteiger partial charge in [-0.05, 0) is 113 Å². The van der Waals surface area contributed by atoms with Crippen LogP contribution in [0.1, 0.15) is 31.1 Å². The lowest BCUT2D eigenvalue weighted by Crippen LogP contribution is -2.47. The van der Waals surface area contributed by atoms with E-state index >= 15 is 0 Å². The quantitative estimate of drug-likeness (QED) is 0.116. The number of pyridine rings is 3. The summed E-state index contributed by atoms with van der Waals surface area (Å²) in [5.41, 5.74) is 7.61. The average Bonchev–Trinajstić information content (AvgIpc) is 3.51. The zero-order valence-corrected chi connectivity index (χ0v) is 45.4. The molecule has 12 rings (SSSR count). The van der Waals surface area contributed by atoms with Crippen LogP contribution in [0.3, 0.4) is 0 Å². The third kappa shape index (κ3) is 12.2. The lowest BCUT2D eigenvalue weighted by Gasteiger charge is -2.32. The standard InChI is InChI=1S/C21H20ClN3O.C20H13ClN2O3S.C20H17ClN2O2/c1-24-8-10-25(11-9-24)21(26)16-2-3-17-13-23-14-20(19(17)12-16)15-4-6-18(22)7-5-15;21-15-5-3-12(4-6-15)17-11-22-10-14-2-1-13(9-16(14)17)18(24)23-7-8-27-20(26)19(23)25;21-17-5-3-14(4-6-17)19-13-22-12-16-2-1-15(11-18(16)19)20(24)23-7-9-25-10-8-23/h2-7,12-14H,8-11H2,1H3;1-6,9-11H,7-8H2;1-6,11-13H,7-10H2. The number of piperazine rings is 1. The van der Waals surface area contributed by atoms with Gasteiger partial charge >= 0.3 is 5.91 Å². The van der Waals surface area contributed by atoms with E-state index in [1.165, 1.54) is 0 Å². The maximum absolute atomic E-state index is 12.9. The number of morpholine rings is 1. The molecule has 3 aliphatic heterocycles. The molecule has 17 heteroatoms. The Labute approximate surface area is 469 Å². The van der Waals surface area contributed by atoms with E-state index in [1.54, 1.807) is 42.7 Å². The molecular formula is C61H50Cl3N7O6S. The van der Waals surface area contributed by atoms with Crippen molar-refractivity contribution in [2.45, 2.75) is 0 Å². The molecule has 9 aromatic rings. The van der Waals surface area contributed by atoms with Crippen molar-refractivity contribution in [2.75, 3.05) is 71.8 Å². The minimum Gasteiger partial charge on any atom is -0.378 e. The first kappa shape index (κ1) is 53.8. The van der Waals surface area contributed by atoms with Gasteiger partial charge in [-0.3, -0.25) is 43.8 Å². The Hall–Kier alpha value is -7.56. The van der Waals surface area contributed by atoms with Gasteiger partial charge in [-0.1, -0.05) is 101 Å². The Balaban J connectivity index is 0.000000132. The summed E-state index contributed by atoms with van der Waals surface area (Å²) in [7, 11) is 2.09. The number of likely N-dealkylation sites (N-methyl/N-ethyl adjacent to an activating group) is 1. The predicted octanol–water partition coefficient (Wildman–Crippen LogP) is 11.8. The molecule has 3 fully saturated rings. The molecule has 0 unspecified atom stereocenters. The monoisotopic (exact) mass is 1110 g/mol. The number of rotatable bonds is 6. The van der Waals surface area contributed by atoms with Crippen LogP contribution in [-0.2, 0) is 14.3 Å². The molecule has 78 heavy (non-hydrogen) atoms. The number of ether oxygens (including phenoxy) is 1. The van der Waals surface area contributed by atoms with Crippen molar-refractivity contribution >= 4 is 108 Å². The molecule has 3 aliphatic rings. The highest BCUT2D eigenvalue weighted by Gasteiger charge is 2.32. The molecule has 3 aromatic heterocycles. The Bertz CT molecular complexity index is 3720. The van der Waals surface area contributed by atoms with Crippen LogP contribution in [0, 0.1) is 0 Å². The molecule has 0 bridgehead atoms. The molecule has 0 N–H and O–H groups in total. The lowest BCUT2D eigenvalue weighted by atomic mass is 9.99. The molecule has 0 saturated carbocycles. The second kappa shape index (κ2) is 24.4. The Morgan fingerprint density at radius 2 is 0.833 bits per heavy atom. The smallest absolute Gasteiger partial charge is 0.308 e. The number of amides is 4. The summed E-state index contributed by atoms with van der Waals surface area (Å²) in [5.74, 6) is -0.662. The van der Waals surface area contributed by atoms with Crippen molar-refractivity contribution in [2.24, 2.45) is 0 Å². The zero-order valence-electron chi connectivity index (χ0n) is 42.3. The van der Waals surface area contributed by atoms with E-state index in [-0.39, 0.29) is 18.4 Å². The van der Waals surface area contributed by atoms with Gasteiger partial charge in [0.05, 0.1) is 13.2 Å². The van der Waals surface area contributed by atoms with Crippen LogP contribution in [0.25, 0.3) is 65.7 Å². The van der Waals surface area contributed by atoms with Crippen LogP contribution in [0.15, 0.2) is 165 Å². The molecule has 6 aromatic carbocycles. The molecule has 0 aliphatic carbocycles. The number of thioether (sulfide) groups is 1. The number of aromatic nitrogens is 3. The lowest BCUT2D eigenvalue weighted by molar-refractivity contribution is -0.138. The third-order valence-corrected chi connectivity index (χ3v) is 15.4. The first-order valence-electron chi connectivity index (χ1n) is 25.2. The number of nitrogens with zero attached hydrogens (tertiary/aromatic N) is 7. The van der Waals surface area contributed by atoms with Crippen LogP contribution in [0.4, 0.5) is 0 Å². The van der Waals surface area contributed by atoms with E-state index < -0.39 is 16.9 Å². The normalized spacial score (nSPS) is 14.9. The van der Waals surface area contributed by atoms with Crippen molar-refractivity contribution in [3.8, 4) is 33.4 Å². The summed E-state index contributed by atoms with van der Waals surface area (Å²) < 4.78 is 5.33. The number of carbonyl (C=O) groups is 5. The Morgan fingerprint density at radius 3 is 1.23 bits per heavy atom. The maximum atomic E-state index is 12.9. The van der Waals surface area contributed by atoms with Crippen LogP contribution >= 0.6 is 46.6 Å². The van der Waals surface area contributed by atoms with E-state index in [1.807, 2.05) is 132 Å². The number of fused-ring (bicyclic) bond motifs is 3. The van der Waals surface area contributed by atoms with Crippen LogP contribution in [0.2, 0.25) is 15.1 Å². The van der Waals surface area contributed by atoms with Crippen molar-refractivity contribution in [3.05, 3.63) is 196 Å². The molecule has 0 atom stereocenters. The van der Waals surface area contributed by atoms with Gasteiger partial charge in [0.15, 0.2) is 0 Å². The first-order valence-corrected chi connectivity index (χ1v) is 27.3. The van der Waals surface area contributed by atoms with Gasteiger partial charge in [0.2, 0.25) is 0 Å². The molecule has 3 saturated heterocycles. The van der Waals surface area contributed by atoms with Crippen molar-refractivity contribution in [3.63, 3.8) is 0 Å². The number of hydrogen-bond donors (Lipinski definition) is 0. The van der Waals surface area contributed by atoms with Gasteiger partial charge in [-0.2, -0.15) is 0 Å². The third-order valence-electron chi connectivity index (χ3n) is 13.8. The number of hydrogen-bond acceptors (Lipinski definition) is 11. The van der Waals surface area contributed by atoms with Crippen molar-refractivity contribution in [1.82, 2.24) is 34.6 Å². The van der Waals surface area contributed by atoms with Gasteiger partial charge in [-0.15, -0.1) is 0 Å². The van der Waals surface area contributed by atoms with Crippen molar-refractivity contribution in [1.29, 1.82) is 0 Å². The topological polar surface area (TPSA) is 146 Å². The van der Waals surface area contributed by atoms with Gasteiger partial charge in [-0.25, -0.2) is 0 Å². The predicted molar refractivity (Wildman–Crippen MR) is 310 cm³/mol. The summed E-state index contributed by atoms with van der Waals surface area (Å²) in [6, 6.07) is 39.5. The van der Waals surface area contributed by atoms with E-state index in [2.05, 4.69) is 26.9 Å². The van der Waals surface area contributed by atoms with Gasteiger partial charge in [0.25, 0.3) is 22.8 Å². The first-order chi connectivity index (χ1) is 37.9. The fraction of sp³-hybridized carbons (Fsp3) is 0.180. The number of benzene rings is 6. The molecule has 6 heterocycles. The highest BCUT2D eigenvalue weighted by atomic mass is 35.5. The summed E-state index contributed by atoms with van der Waals surface area (Å²) >= 11 is 18.9. The summed E-state index contributed by atoms with van der Waals surface area (Å²) in [5, 5.41) is 7.21. The number of halogens is 3. The van der Waals surface area contributed by atoms with Gasteiger partial charge in [0, 0.05) is 153 Å². The van der Waals surface area contributed by atoms with E-state index in [0.717, 1.165) is 114 Å². The fourth-order valence-electron chi connectivity index (χ4n) is 9.46. The molecular weight excluding hydrogens is 1070 g/mol. The number of imide groups is 1. The maximum Gasteiger partial charge on any atom is 0.308 e. The van der Waals surface area contributed by atoms with E-state index in [0.29, 0.717) is 58.3 Å². The van der Waals surface area contributed by atoms with Crippen LogP contribution in [-0.4, -0.2) is 135 Å². The molecule has 392 valence electrons. The van der Waals surface area contributed by atoms with E-state index in [9.17, 15) is 24.0 Å². The highest BCUT2D eigenvalue weighted by Crippen LogP contribution is 2.33. The SMILES string of the molecule is CN1CCN(C(=O)c2ccc3cncc(-c4ccc(Cl)cc4)c3c2)CC1.O=C(c1ccc2cncc(-c3ccc(Cl)cc3)c2c1)N1CCOCC1.O=C1SCCN(C(=O)c2ccc3cncc(-c4ccc(Cl)cc4)c3c2)C1=O. The highest BCUT2D eigenvalue weighted by molar-refractivity contribution is 8.15. The van der Waals surface area contributed by atoms with Gasteiger partial charge in [0.1, 0.15) is 0 Å². The summed E-state index contributed by atoms with van der Waals surface area (Å²) in [6.45, 7) is 6.07. The minimum atomic E-state index is -0.760. The Morgan fingerprint density at radius 1 is 0.462 bits per heavy atom. The van der Waals surface area contributed by atoms with Crippen molar-refractivity contribution < 1.29 is 28.7 Å². The molecule has 0 spiro atoms. The Kier molecular flexibility index (Phi) is 16.8. The second-order valence-electron chi connectivity index (χ2n) is 18.8. The minimum absolute atomic E-state index is 0.0454. The molecule has 0 radical (unpaired) electrons. The van der Waals surface area contributed by atoms with Gasteiger partial charge < -0.3 is 19.4 Å². The summed E-state index contributed by atoms with van der Waals surface area (Å²) in [6.07, 6.45) is 10.8. The number of carbonyl (C=O) groups excluding carboxylic acids is 5. The van der Waals surface area contributed by atoms with E-state index in [4.69, 9.17) is 39.5 Å². The summed E-state index contributed by atoms with van der Waals surface area (Å²) in [4.78, 5) is 82.1. The average molecular weight is 1120 g/mol. The fourth-order valence-corrected chi connectivity index (χ4v) is 10.5. The van der Waals surface area contributed by atoms with Crippen LogP contribution < -0.4 is 0 Å². The molecule has 13 nitrogen and oxygen atoms in total. The molecule has 4 amide bonds. The van der Waals surface area contributed by atoms with Crippen LogP contribution in [0.5, 0.6) is 0 Å². The second-order valence-corrected chi connectivity index (χ2v) is 21.2. The zero-order chi connectivity index (χ0) is 54.3. The largest absolute Gasteiger partial charge is 0.378 e.